The number of nitrogens with two attached hydrogens (primary N) is 1. The summed E-state index contributed by atoms with van der Waals surface area (Å²) in [7, 11) is -3.84. The summed E-state index contributed by atoms with van der Waals surface area (Å²) < 4.78 is 33.2. The number of hydrazine groups is 1. The smallest absolute Gasteiger partial charge is 0.323 e. The van der Waals surface area contributed by atoms with Gasteiger partial charge in [-0.15, -0.1) is 4.40 Å². The van der Waals surface area contributed by atoms with Gasteiger partial charge in [-0.2, -0.15) is 8.42 Å². The Bertz CT molecular complexity index is 806. The minimum absolute atomic E-state index is 0.0343. The Kier molecular flexibility index (Phi) is 3.78. The van der Waals surface area contributed by atoms with E-state index in [2.05, 4.69) is 9.38 Å². The maximum atomic E-state index is 12.1. The van der Waals surface area contributed by atoms with Gasteiger partial charge in [0.15, 0.2) is 0 Å². The van der Waals surface area contributed by atoms with Crippen LogP contribution in [0, 0.1) is 0 Å². The van der Waals surface area contributed by atoms with Crippen molar-refractivity contribution in [2.75, 3.05) is 11.6 Å². The maximum absolute atomic E-state index is 12.1. The Hall–Kier alpha value is -2.45. The molecule has 8 heteroatoms. The highest BCUT2D eigenvalue weighted by molar-refractivity contribution is 7.90. The number of nitrogens with zero attached hydrogens (tertiary/aromatic N) is 3. The molecule has 1 aliphatic rings. The molecule has 2 aromatic rings. The van der Waals surface area contributed by atoms with E-state index >= 15 is 0 Å². The van der Waals surface area contributed by atoms with E-state index in [0.717, 1.165) is 10.6 Å². The number of aromatic nitrogens is 1. The number of sulfonamides is 1. The average molecular weight is 318 g/mol. The molecule has 0 aliphatic carbocycles. The third-order valence-corrected chi connectivity index (χ3v) is 4.44. The van der Waals surface area contributed by atoms with Gasteiger partial charge in [0.1, 0.15) is 4.90 Å². The van der Waals surface area contributed by atoms with Gasteiger partial charge in [-0.05, 0) is 11.6 Å². The normalized spacial score (nSPS) is 15.9. The molecule has 7 nitrogen and oxygen atoms in total. The Morgan fingerprint density at radius 3 is 2.73 bits per heavy atom. The van der Waals surface area contributed by atoms with Gasteiger partial charge in [-0.1, -0.05) is 30.3 Å². The monoisotopic (exact) mass is 318 g/mol. The second-order valence-electron chi connectivity index (χ2n) is 4.65. The van der Waals surface area contributed by atoms with Crippen LogP contribution in [0.4, 0.5) is 5.69 Å². The lowest BCUT2D eigenvalue weighted by Gasteiger charge is -2.25. The SMILES string of the molecule is NN1C(OCCc2ccccc2)=NS(=O)(=O)c2cnccc21. The Labute approximate surface area is 128 Å². The van der Waals surface area contributed by atoms with Crippen LogP contribution in [0.2, 0.25) is 0 Å². The summed E-state index contributed by atoms with van der Waals surface area (Å²) in [6.07, 6.45) is 3.30. The predicted molar refractivity (Wildman–Crippen MR) is 81.6 cm³/mol. The van der Waals surface area contributed by atoms with E-state index < -0.39 is 10.0 Å². The standard InChI is InChI=1S/C14H14N4O3S/c15-18-12-6-8-16-10-13(12)22(19,20)17-14(18)21-9-7-11-4-2-1-3-5-11/h1-6,8,10H,7,9,15H2. The van der Waals surface area contributed by atoms with Crippen molar-refractivity contribution in [3.63, 3.8) is 0 Å². The van der Waals surface area contributed by atoms with Crippen molar-refractivity contribution < 1.29 is 13.2 Å². The second-order valence-corrected chi connectivity index (χ2v) is 6.22. The fraction of sp³-hybridized carbons (Fsp3) is 0.143. The molecule has 0 radical (unpaired) electrons. The lowest BCUT2D eigenvalue weighted by molar-refractivity contribution is 0.300. The van der Waals surface area contributed by atoms with E-state index in [1.54, 1.807) is 0 Å². The van der Waals surface area contributed by atoms with Crippen LogP contribution in [0.25, 0.3) is 0 Å². The number of pyridine rings is 1. The molecule has 114 valence electrons. The molecular formula is C14H14N4O3S. The van der Waals surface area contributed by atoms with Crippen molar-refractivity contribution in [1.29, 1.82) is 0 Å². The lowest BCUT2D eigenvalue weighted by Crippen LogP contribution is -2.43. The fourth-order valence-electron chi connectivity index (χ4n) is 2.07. The third kappa shape index (κ3) is 2.78. The van der Waals surface area contributed by atoms with Crippen LogP contribution in [0.15, 0.2) is 58.1 Å². The van der Waals surface area contributed by atoms with Gasteiger partial charge in [0, 0.05) is 18.8 Å². The first-order valence-corrected chi connectivity index (χ1v) is 8.02. The number of anilines is 1. The number of benzene rings is 1. The molecule has 1 aromatic heterocycles. The fourth-order valence-corrected chi connectivity index (χ4v) is 3.14. The van der Waals surface area contributed by atoms with Crippen LogP contribution in [0.3, 0.4) is 0 Å². The summed E-state index contributed by atoms with van der Waals surface area (Å²) in [4.78, 5) is 3.75. The molecule has 2 N–H and O–H groups in total. The minimum Gasteiger partial charge on any atom is -0.463 e. The van der Waals surface area contributed by atoms with Crippen LogP contribution in [-0.2, 0) is 21.2 Å². The van der Waals surface area contributed by atoms with E-state index in [1.165, 1.54) is 18.5 Å². The largest absolute Gasteiger partial charge is 0.463 e. The highest BCUT2D eigenvalue weighted by atomic mass is 32.2. The lowest BCUT2D eigenvalue weighted by atomic mass is 10.2. The number of amidine groups is 1. The topological polar surface area (TPSA) is 97.9 Å². The van der Waals surface area contributed by atoms with E-state index in [0.29, 0.717) is 12.1 Å². The zero-order valence-electron chi connectivity index (χ0n) is 11.6. The highest BCUT2D eigenvalue weighted by Gasteiger charge is 2.30. The van der Waals surface area contributed by atoms with Crippen LogP contribution < -0.4 is 10.9 Å². The Morgan fingerprint density at radius 1 is 1.18 bits per heavy atom. The van der Waals surface area contributed by atoms with Crippen LogP contribution in [-0.4, -0.2) is 26.0 Å². The molecule has 1 aliphatic heterocycles. The van der Waals surface area contributed by atoms with Crippen molar-refractivity contribution >= 4 is 21.7 Å². The van der Waals surface area contributed by atoms with Crippen molar-refractivity contribution in [2.45, 2.75) is 11.3 Å². The predicted octanol–water partition coefficient (Wildman–Crippen LogP) is 1.08. The molecule has 1 aromatic carbocycles. The molecule has 0 bridgehead atoms. The third-order valence-electron chi connectivity index (χ3n) is 3.17. The van der Waals surface area contributed by atoms with Gasteiger partial charge in [-0.3, -0.25) is 4.98 Å². The van der Waals surface area contributed by atoms with Crippen LogP contribution >= 0.6 is 0 Å². The summed E-state index contributed by atoms with van der Waals surface area (Å²) in [6.45, 7) is 0.270. The highest BCUT2D eigenvalue weighted by Crippen LogP contribution is 2.28. The molecular weight excluding hydrogens is 304 g/mol. The number of hydrogen-bond donors (Lipinski definition) is 1. The summed E-state index contributed by atoms with van der Waals surface area (Å²) in [5.41, 5.74) is 1.37. The quantitative estimate of drug-likeness (QED) is 0.850. The summed E-state index contributed by atoms with van der Waals surface area (Å²) in [6, 6.07) is 11.1. The average Bonchev–Trinajstić information content (AvgIpc) is 2.53. The maximum Gasteiger partial charge on any atom is 0.323 e. The summed E-state index contributed by atoms with van der Waals surface area (Å²) in [5.74, 6) is 5.88. The van der Waals surface area contributed by atoms with Crippen LogP contribution in [0.5, 0.6) is 0 Å². The molecule has 0 fully saturated rings. The van der Waals surface area contributed by atoms with Crippen LogP contribution in [0.1, 0.15) is 5.56 Å². The van der Waals surface area contributed by atoms with Crippen molar-refractivity contribution in [3.05, 3.63) is 54.4 Å². The molecule has 2 heterocycles. The molecule has 0 spiro atoms. The van der Waals surface area contributed by atoms with Gasteiger partial charge in [0.05, 0.1) is 12.3 Å². The Balaban J connectivity index is 1.76. The first kappa shape index (κ1) is 14.5. The molecule has 0 saturated carbocycles. The first-order chi connectivity index (χ1) is 10.6. The number of hydrogen-bond acceptors (Lipinski definition) is 6. The number of fused-ring (bicyclic) bond motifs is 1. The summed E-state index contributed by atoms with van der Waals surface area (Å²) in [5, 5.41) is 1.11. The number of ether oxygens (including phenoxy) is 1. The van der Waals surface area contributed by atoms with E-state index in [4.69, 9.17) is 10.6 Å². The molecule has 0 saturated heterocycles. The van der Waals surface area contributed by atoms with Gasteiger partial charge >= 0.3 is 6.02 Å². The Morgan fingerprint density at radius 2 is 1.95 bits per heavy atom. The second kappa shape index (κ2) is 5.74. The zero-order valence-corrected chi connectivity index (χ0v) is 12.4. The van der Waals surface area contributed by atoms with Crippen molar-refractivity contribution in [3.8, 4) is 0 Å². The van der Waals surface area contributed by atoms with E-state index in [1.807, 2.05) is 30.3 Å². The summed E-state index contributed by atoms with van der Waals surface area (Å²) >= 11 is 0. The first-order valence-electron chi connectivity index (χ1n) is 6.58. The molecule has 3 rings (SSSR count). The number of rotatable bonds is 3. The van der Waals surface area contributed by atoms with Gasteiger partial charge < -0.3 is 4.74 Å². The van der Waals surface area contributed by atoms with Gasteiger partial charge in [-0.25, -0.2) is 10.9 Å². The molecule has 0 atom stereocenters. The molecule has 0 amide bonds. The van der Waals surface area contributed by atoms with Crippen molar-refractivity contribution in [2.24, 2.45) is 10.2 Å². The molecule has 22 heavy (non-hydrogen) atoms. The van der Waals surface area contributed by atoms with Crippen molar-refractivity contribution in [1.82, 2.24) is 4.98 Å². The molecule has 0 unspecified atom stereocenters. The van der Waals surface area contributed by atoms with Gasteiger partial charge in [0.25, 0.3) is 10.0 Å². The van der Waals surface area contributed by atoms with E-state index in [9.17, 15) is 8.42 Å². The van der Waals surface area contributed by atoms with E-state index in [-0.39, 0.29) is 17.5 Å². The zero-order chi connectivity index (χ0) is 15.6. The van der Waals surface area contributed by atoms with Gasteiger partial charge in [0.2, 0.25) is 0 Å². The minimum atomic E-state index is -3.84.